The van der Waals surface area contributed by atoms with Crippen LogP contribution in [0.2, 0.25) is 0 Å². The second kappa shape index (κ2) is 6.61. The van der Waals surface area contributed by atoms with Crippen LogP contribution in [0.15, 0.2) is 30.6 Å². The quantitative estimate of drug-likeness (QED) is 0.879. The minimum atomic E-state index is -0.440. The molecule has 1 atom stereocenters. The Hall–Kier alpha value is -1.75. The predicted octanol–water partition coefficient (Wildman–Crippen LogP) is 3.27. The molecule has 0 fully saturated rings. The van der Waals surface area contributed by atoms with E-state index in [1.54, 1.807) is 6.20 Å². The molecular weight excluding hydrogens is 260 g/mol. The van der Waals surface area contributed by atoms with Gasteiger partial charge in [0.25, 0.3) is 0 Å². The molecule has 0 radical (unpaired) electrons. The van der Waals surface area contributed by atoms with Gasteiger partial charge < -0.3 is 5.32 Å². The number of aromatic nitrogens is 2. The molecule has 0 saturated heterocycles. The molecule has 1 unspecified atom stereocenters. The van der Waals surface area contributed by atoms with Crippen LogP contribution >= 0.6 is 0 Å². The molecule has 5 heteroatoms. The zero-order valence-corrected chi connectivity index (χ0v) is 11.7. The zero-order chi connectivity index (χ0) is 14.5. The summed E-state index contributed by atoms with van der Waals surface area (Å²) in [6.45, 7) is 5.46. The normalized spacial score (nSPS) is 12.6. The van der Waals surface area contributed by atoms with Crippen molar-refractivity contribution in [3.63, 3.8) is 0 Å². The molecule has 0 amide bonds. The topological polar surface area (TPSA) is 29.9 Å². The van der Waals surface area contributed by atoms with E-state index in [1.165, 1.54) is 6.07 Å². The van der Waals surface area contributed by atoms with Crippen LogP contribution in [0.5, 0.6) is 0 Å². The summed E-state index contributed by atoms with van der Waals surface area (Å²) in [5, 5.41) is 7.43. The number of halogens is 2. The molecule has 0 aliphatic rings. The molecule has 0 aliphatic carbocycles. The molecule has 2 aromatic rings. The highest BCUT2D eigenvalue weighted by molar-refractivity contribution is 5.30. The molecule has 2 rings (SSSR count). The van der Waals surface area contributed by atoms with Crippen LogP contribution < -0.4 is 5.32 Å². The number of benzene rings is 1. The second-order valence-electron chi connectivity index (χ2n) is 4.69. The van der Waals surface area contributed by atoms with Crippen molar-refractivity contribution in [1.29, 1.82) is 0 Å². The molecule has 20 heavy (non-hydrogen) atoms. The first kappa shape index (κ1) is 14.7. The maximum atomic E-state index is 13.9. The number of aryl methyl sites for hydroxylation is 1. The van der Waals surface area contributed by atoms with Gasteiger partial charge in [-0.1, -0.05) is 13.8 Å². The van der Waals surface area contributed by atoms with Crippen LogP contribution in [0.3, 0.4) is 0 Å². The Morgan fingerprint density at radius 1 is 1.30 bits per heavy atom. The minimum absolute atomic E-state index is 0.308. The molecule has 1 heterocycles. The third-order valence-electron chi connectivity index (χ3n) is 3.12. The standard InChI is InChI=1S/C15H19F2N3/c1-3-7-20-10-11(9-19-20)15(18-4-2)13-8-12(16)5-6-14(13)17/h5-6,8-10,15,18H,3-4,7H2,1-2H3. The average Bonchev–Trinajstić information content (AvgIpc) is 2.88. The monoisotopic (exact) mass is 279 g/mol. The van der Waals surface area contributed by atoms with Gasteiger partial charge in [0, 0.05) is 23.9 Å². The fourth-order valence-electron chi connectivity index (χ4n) is 2.23. The Morgan fingerprint density at radius 2 is 2.10 bits per heavy atom. The lowest BCUT2D eigenvalue weighted by atomic mass is 10.0. The summed E-state index contributed by atoms with van der Waals surface area (Å²) < 4.78 is 29.1. The van der Waals surface area contributed by atoms with Crippen molar-refractivity contribution in [3.05, 3.63) is 53.4 Å². The molecule has 1 aromatic carbocycles. The summed E-state index contributed by atoms with van der Waals surface area (Å²) in [5.74, 6) is -0.856. The lowest BCUT2D eigenvalue weighted by Crippen LogP contribution is -2.22. The van der Waals surface area contributed by atoms with Crippen LogP contribution in [-0.4, -0.2) is 16.3 Å². The van der Waals surface area contributed by atoms with Gasteiger partial charge in [-0.25, -0.2) is 8.78 Å². The Balaban J connectivity index is 2.36. The van der Waals surface area contributed by atoms with Gasteiger partial charge in [0.2, 0.25) is 0 Å². The summed E-state index contributed by atoms with van der Waals surface area (Å²) in [4.78, 5) is 0. The molecule has 0 aliphatic heterocycles. The Morgan fingerprint density at radius 3 is 2.80 bits per heavy atom. The number of nitrogens with one attached hydrogen (secondary N) is 1. The van der Waals surface area contributed by atoms with E-state index in [2.05, 4.69) is 17.3 Å². The summed E-state index contributed by atoms with van der Waals surface area (Å²) in [6.07, 6.45) is 4.55. The maximum Gasteiger partial charge on any atom is 0.128 e. The van der Waals surface area contributed by atoms with Gasteiger partial charge in [-0.05, 0) is 31.2 Å². The van der Waals surface area contributed by atoms with Gasteiger partial charge in [-0.15, -0.1) is 0 Å². The largest absolute Gasteiger partial charge is 0.306 e. The van der Waals surface area contributed by atoms with E-state index < -0.39 is 11.6 Å². The van der Waals surface area contributed by atoms with Crippen LogP contribution in [0.1, 0.15) is 37.4 Å². The van der Waals surface area contributed by atoms with E-state index in [-0.39, 0.29) is 6.04 Å². The van der Waals surface area contributed by atoms with E-state index in [9.17, 15) is 8.78 Å². The molecule has 0 spiro atoms. The van der Waals surface area contributed by atoms with Gasteiger partial charge in [0.05, 0.1) is 12.2 Å². The summed E-state index contributed by atoms with van der Waals surface area (Å²) in [6, 6.07) is 3.13. The van der Waals surface area contributed by atoms with E-state index in [0.29, 0.717) is 12.1 Å². The number of rotatable bonds is 6. The fraction of sp³-hybridized carbons (Fsp3) is 0.400. The average molecular weight is 279 g/mol. The molecule has 0 saturated carbocycles. The van der Waals surface area contributed by atoms with Crippen molar-refractivity contribution < 1.29 is 8.78 Å². The summed E-state index contributed by atoms with van der Waals surface area (Å²) in [5.41, 5.74) is 1.15. The maximum absolute atomic E-state index is 13.9. The van der Waals surface area contributed by atoms with E-state index in [4.69, 9.17) is 0 Å². The minimum Gasteiger partial charge on any atom is -0.306 e. The van der Waals surface area contributed by atoms with Crippen LogP contribution in [0.4, 0.5) is 8.78 Å². The molecular formula is C15H19F2N3. The Labute approximate surface area is 117 Å². The van der Waals surface area contributed by atoms with Crippen molar-refractivity contribution in [2.75, 3.05) is 6.54 Å². The third-order valence-corrected chi connectivity index (χ3v) is 3.12. The van der Waals surface area contributed by atoms with Crippen LogP contribution in [0, 0.1) is 11.6 Å². The highest BCUT2D eigenvalue weighted by atomic mass is 19.1. The molecule has 108 valence electrons. The summed E-state index contributed by atoms with van der Waals surface area (Å²) >= 11 is 0. The van der Waals surface area contributed by atoms with Crippen LogP contribution in [-0.2, 0) is 6.54 Å². The van der Waals surface area contributed by atoms with Gasteiger partial charge in [0.15, 0.2) is 0 Å². The first-order chi connectivity index (χ1) is 9.65. The predicted molar refractivity (Wildman–Crippen MR) is 74.4 cm³/mol. The van der Waals surface area contributed by atoms with Crippen molar-refractivity contribution in [1.82, 2.24) is 15.1 Å². The second-order valence-corrected chi connectivity index (χ2v) is 4.69. The first-order valence-electron chi connectivity index (χ1n) is 6.86. The zero-order valence-electron chi connectivity index (χ0n) is 11.7. The Kier molecular flexibility index (Phi) is 4.84. The van der Waals surface area contributed by atoms with E-state index in [0.717, 1.165) is 30.7 Å². The van der Waals surface area contributed by atoms with Crippen molar-refractivity contribution >= 4 is 0 Å². The molecule has 1 aromatic heterocycles. The van der Waals surface area contributed by atoms with Crippen molar-refractivity contribution in [2.24, 2.45) is 0 Å². The molecule has 3 nitrogen and oxygen atoms in total. The number of hydrogen-bond donors (Lipinski definition) is 1. The highest BCUT2D eigenvalue weighted by Gasteiger charge is 2.19. The van der Waals surface area contributed by atoms with Crippen molar-refractivity contribution in [2.45, 2.75) is 32.9 Å². The summed E-state index contributed by atoms with van der Waals surface area (Å²) in [7, 11) is 0. The first-order valence-corrected chi connectivity index (χ1v) is 6.86. The lowest BCUT2D eigenvalue weighted by Gasteiger charge is -2.17. The van der Waals surface area contributed by atoms with E-state index in [1.807, 2.05) is 17.8 Å². The fourth-order valence-corrected chi connectivity index (χ4v) is 2.23. The van der Waals surface area contributed by atoms with Gasteiger partial charge in [-0.3, -0.25) is 4.68 Å². The smallest absolute Gasteiger partial charge is 0.128 e. The van der Waals surface area contributed by atoms with Gasteiger partial charge >= 0.3 is 0 Å². The number of hydrogen-bond acceptors (Lipinski definition) is 2. The Bertz CT molecular complexity index is 566. The van der Waals surface area contributed by atoms with Crippen molar-refractivity contribution in [3.8, 4) is 0 Å². The molecule has 0 bridgehead atoms. The van der Waals surface area contributed by atoms with Crippen LogP contribution in [0.25, 0.3) is 0 Å². The number of nitrogens with zero attached hydrogens (tertiary/aromatic N) is 2. The molecule has 1 N–H and O–H groups in total. The van der Waals surface area contributed by atoms with Gasteiger partial charge in [0.1, 0.15) is 11.6 Å². The highest BCUT2D eigenvalue weighted by Crippen LogP contribution is 2.25. The van der Waals surface area contributed by atoms with E-state index >= 15 is 0 Å². The lowest BCUT2D eigenvalue weighted by molar-refractivity contribution is 0.543. The van der Waals surface area contributed by atoms with Gasteiger partial charge in [-0.2, -0.15) is 5.10 Å². The third kappa shape index (κ3) is 3.22. The SMILES string of the molecule is CCCn1cc(C(NCC)c2cc(F)ccc2F)cn1.